The molecule has 3 heterocycles. The lowest BCUT2D eigenvalue weighted by atomic mass is 10.0. The van der Waals surface area contributed by atoms with Gasteiger partial charge in [-0.05, 0) is 23.6 Å². The van der Waals surface area contributed by atoms with Crippen molar-refractivity contribution in [1.29, 1.82) is 0 Å². The van der Waals surface area contributed by atoms with E-state index in [1.807, 2.05) is 47.9 Å². The highest BCUT2D eigenvalue weighted by Crippen LogP contribution is 2.23. The normalized spacial score (nSPS) is 13.6. The molecule has 0 spiro atoms. The highest BCUT2D eigenvalue weighted by Gasteiger charge is 2.27. The van der Waals surface area contributed by atoms with E-state index >= 15 is 0 Å². The lowest BCUT2D eigenvalue weighted by molar-refractivity contribution is 0.0776. The standard InChI is InChI=1S/C25H28N4O4/c1-3-20(18-7-5-4-6-8-18)28-24(30)19-13-21(29-11-12-33-16-22(19)29)25(31)27-15-17-9-10-23(32-2)26-14-17/h4-10,13-14,20H,3,11-12,15-16H2,1-2H3,(H,27,31)(H,28,30)/t20-/m1/s1. The van der Waals surface area contributed by atoms with Crippen LogP contribution in [0.2, 0.25) is 0 Å². The number of amides is 2. The van der Waals surface area contributed by atoms with Crippen LogP contribution in [-0.4, -0.2) is 35.1 Å². The summed E-state index contributed by atoms with van der Waals surface area (Å²) in [7, 11) is 1.56. The Balaban J connectivity index is 1.52. The summed E-state index contributed by atoms with van der Waals surface area (Å²) in [4.78, 5) is 30.4. The number of nitrogens with one attached hydrogen (secondary N) is 2. The van der Waals surface area contributed by atoms with Gasteiger partial charge in [-0.15, -0.1) is 0 Å². The van der Waals surface area contributed by atoms with E-state index in [1.54, 1.807) is 25.4 Å². The van der Waals surface area contributed by atoms with Gasteiger partial charge in [-0.3, -0.25) is 9.59 Å². The second-order valence-corrected chi connectivity index (χ2v) is 7.83. The van der Waals surface area contributed by atoms with E-state index in [4.69, 9.17) is 9.47 Å². The highest BCUT2D eigenvalue weighted by molar-refractivity contribution is 6.00. The van der Waals surface area contributed by atoms with Gasteiger partial charge in [-0.1, -0.05) is 43.3 Å². The van der Waals surface area contributed by atoms with Gasteiger partial charge < -0.3 is 24.7 Å². The predicted molar refractivity (Wildman–Crippen MR) is 123 cm³/mol. The number of carbonyl (C=O) groups is 2. The average Bonchev–Trinajstić information content (AvgIpc) is 3.26. The van der Waals surface area contributed by atoms with Gasteiger partial charge in [-0.2, -0.15) is 0 Å². The van der Waals surface area contributed by atoms with Crippen LogP contribution in [0, 0.1) is 0 Å². The van der Waals surface area contributed by atoms with E-state index in [9.17, 15) is 9.59 Å². The zero-order valence-corrected chi connectivity index (χ0v) is 18.8. The summed E-state index contributed by atoms with van der Waals surface area (Å²) < 4.78 is 12.5. The summed E-state index contributed by atoms with van der Waals surface area (Å²) in [5, 5.41) is 6.03. The van der Waals surface area contributed by atoms with Crippen molar-refractivity contribution in [2.45, 2.75) is 39.1 Å². The molecule has 1 atom stereocenters. The zero-order chi connectivity index (χ0) is 23.2. The van der Waals surface area contributed by atoms with Crippen molar-refractivity contribution in [2.75, 3.05) is 13.7 Å². The van der Waals surface area contributed by atoms with Crippen LogP contribution in [-0.2, 0) is 24.4 Å². The van der Waals surface area contributed by atoms with Gasteiger partial charge in [0.1, 0.15) is 5.69 Å². The summed E-state index contributed by atoms with van der Waals surface area (Å²) in [6.07, 6.45) is 2.42. The minimum atomic E-state index is -0.247. The van der Waals surface area contributed by atoms with Crippen molar-refractivity contribution in [3.8, 4) is 5.88 Å². The molecule has 0 saturated heterocycles. The first-order chi connectivity index (χ1) is 16.1. The number of methoxy groups -OCH3 is 1. The van der Waals surface area contributed by atoms with Crippen molar-refractivity contribution >= 4 is 11.8 Å². The maximum Gasteiger partial charge on any atom is 0.268 e. The van der Waals surface area contributed by atoms with Gasteiger partial charge in [0.15, 0.2) is 0 Å². The van der Waals surface area contributed by atoms with E-state index in [0.717, 1.165) is 23.2 Å². The third kappa shape index (κ3) is 5.06. The molecule has 0 bridgehead atoms. The Morgan fingerprint density at radius 2 is 2.00 bits per heavy atom. The molecule has 1 aliphatic heterocycles. The highest BCUT2D eigenvalue weighted by atomic mass is 16.5. The molecule has 2 N–H and O–H groups in total. The minimum Gasteiger partial charge on any atom is -0.481 e. The summed E-state index contributed by atoms with van der Waals surface area (Å²) in [6.45, 7) is 3.66. The molecule has 4 rings (SSSR count). The van der Waals surface area contributed by atoms with Crippen LogP contribution < -0.4 is 15.4 Å². The van der Waals surface area contributed by atoms with Gasteiger partial charge in [-0.25, -0.2) is 4.98 Å². The predicted octanol–water partition coefficient (Wildman–Crippen LogP) is 3.23. The van der Waals surface area contributed by atoms with Crippen LogP contribution in [0.4, 0.5) is 0 Å². The Bertz CT molecular complexity index is 1110. The molecule has 2 aromatic heterocycles. The zero-order valence-electron chi connectivity index (χ0n) is 18.8. The molecule has 1 aromatic carbocycles. The molecular weight excluding hydrogens is 420 g/mol. The fourth-order valence-corrected chi connectivity index (χ4v) is 3.96. The Labute approximate surface area is 192 Å². The van der Waals surface area contributed by atoms with Crippen molar-refractivity contribution < 1.29 is 19.1 Å². The van der Waals surface area contributed by atoms with Crippen LogP contribution in [0.15, 0.2) is 54.7 Å². The van der Waals surface area contributed by atoms with Crippen molar-refractivity contribution in [2.24, 2.45) is 0 Å². The minimum absolute atomic E-state index is 0.112. The summed E-state index contributed by atoms with van der Waals surface area (Å²) >= 11 is 0. The van der Waals surface area contributed by atoms with Crippen LogP contribution in [0.1, 0.15) is 57.1 Å². The van der Waals surface area contributed by atoms with E-state index in [1.165, 1.54) is 0 Å². The largest absolute Gasteiger partial charge is 0.481 e. The molecule has 8 nitrogen and oxygen atoms in total. The first kappa shape index (κ1) is 22.5. The van der Waals surface area contributed by atoms with Crippen LogP contribution in [0.3, 0.4) is 0 Å². The van der Waals surface area contributed by atoms with Gasteiger partial charge in [0.2, 0.25) is 5.88 Å². The maximum atomic E-state index is 13.2. The van der Waals surface area contributed by atoms with Gasteiger partial charge in [0.25, 0.3) is 11.8 Å². The van der Waals surface area contributed by atoms with Crippen molar-refractivity contribution in [3.63, 3.8) is 0 Å². The Kier molecular flexibility index (Phi) is 7.04. The van der Waals surface area contributed by atoms with Crippen LogP contribution >= 0.6 is 0 Å². The Morgan fingerprint density at radius 3 is 2.70 bits per heavy atom. The fourth-order valence-electron chi connectivity index (χ4n) is 3.96. The number of hydrogen-bond donors (Lipinski definition) is 2. The first-order valence-electron chi connectivity index (χ1n) is 11.0. The molecule has 0 saturated carbocycles. The van der Waals surface area contributed by atoms with Crippen molar-refractivity contribution in [3.05, 3.63) is 82.8 Å². The summed E-state index contributed by atoms with van der Waals surface area (Å²) in [6, 6.07) is 15.0. The Morgan fingerprint density at radius 1 is 1.18 bits per heavy atom. The van der Waals surface area contributed by atoms with E-state index in [0.29, 0.717) is 43.4 Å². The van der Waals surface area contributed by atoms with E-state index < -0.39 is 0 Å². The van der Waals surface area contributed by atoms with Crippen LogP contribution in [0.5, 0.6) is 5.88 Å². The number of carbonyl (C=O) groups excluding carboxylic acids is 2. The number of fused-ring (bicyclic) bond motifs is 1. The second kappa shape index (κ2) is 10.3. The van der Waals surface area contributed by atoms with Gasteiger partial charge in [0.05, 0.1) is 37.6 Å². The number of nitrogens with zero attached hydrogens (tertiary/aromatic N) is 2. The topological polar surface area (TPSA) is 94.5 Å². The molecule has 0 fully saturated rings. The lowest BCUT2D eigenvalue weighted by Gasteiger charge is -2.20. The second-order valence-electron chi connectivity index (χ2n) is 7.83. The van der Waals surface area contributed by atoms with E-state index in [-0.39, 0.29) is 17.9 Å². The molecule has 0 radical (unpaired) electrons. The fraction of sp³-hybridized carbons (Fsp3) is 0.320. The Hall–Kier alpha value is -3.65. The monoisotopic (exact) mass is 448 g/mol. The third-order valence-electron chi connectivity index (χ3n) is 5.76. The van der Waals surface area contributed by atoms with Crippen molar-refractivity contribution in [1.82, 2.24) is 20.2 Å². The molecule has 1 aliphatic rings. The quantitative estimate of drug-likeness (QED) is 0.552. The number of pyridine rings is 1. The van der Waals surface area contributed by atoms with Crippen LogP contribution in [0.25, 0.3) is 0 Å². The smallest absolute Gasteiger partial charge is 0.268 e. The molecule has 172 valence electrons. The SMILES string of the molecule is CC[C@@H](NC(=O)c1cc(C(=O)NCc2ccc(OC)nc2)n2c1COCC2)c1ccccc1. The lowest BCUT2D eigenvalue weighted by Crippen LogP contribution is -2.30. The maximum absolute atomic E-state index is 13.2. The number of aromatic nitrogens is 2. The number of hydrogen-bond acceptors (Lipinski definition) is 5. The molecule has 33 heavy (non-hydrogen) atoms. The number of rotatable bonds is 8. The molecule has 3 aromatic rings. The molecule has 0 unspecified atom stereocenters. The third-order valence-corrected chi connectivity index (χ3v) is 5.76. The van der Waals surface area contributed by atoms with Gasteiger partial charge in [0, 0.05) is 25.4 Å². The number of ether oxygens (including phenoxy) is 2. The van der Waals surface area contributed by atoms with Gasteiger partial charge >= 0.3 is 0 Å². The molecule has 8 heteroatoms. The number of benzene rings is 1. The summed E-state index contributed by atoms with van der Waals surface area (Å²) in [5.41, 5.74) is 3.54. The van der Waals surface area contributed by atoms with E-state index in [2.05, 4.69) is 15.6 Å². The summed E-state index contributed by atoms with van der Waals surface area (Å²) in [5.74, 6) is 0.0590. The molecule has 2 amide bonds. The average molecular weight is 449 g/mol. The first-order valence-corrected chi connectivity index (χ1v) is 11.0. The molecule has 0 aliphatic carbocycles. The molecular formula is C25H28N4O4.